The molecule has 0 saturated carbocycles. The molecular formula is C10H5BrClN5. The first-order chi connectivity index (χ1) is 8.25. The van der Waals surface area contributed by atoms with Crippen LogP contribution in [0.15, 0.2) is 35.3 Å². The van der Waals surface area contributed by atoms with Crippen molar-refractivity contribution in [1.82, 2.24) is 24.6 Å². The van der Waals surface area contributed by atoms with E-state index in [1.165, 1.54) is 0 Å². The molecule has 0 fully saturated rings. The number of nitrogens with zero attached hydrogens (tertiary/aromatic N) is 5. The molecule has 3 rings (SSSR count). The molecule has 3 aromatic heterocycles. The van der Waals surface area contributed by atoms with E-state index in [1.807, 2.05) is 0 Å². The van der Waals surface area contributed by atoms with Gasteiger partial charge in [0, 0.05) is 18.5 Å². The first kappa shape index (κ1) is 10.6. The minimum Gasteiger partial charge on any atom is -0.261 e. The molecule has 0 aliphatic rings. The molecule has 17 heavy (non-hydrogen) atoms. The van der Waals surface area contributed by atoms with Crippen molar-refractivity contribution < 1.29 is 0 Å². The molecule has 5 nitrogen and oxygen atoms in total. The van der Waals surface area contributed by atoms with E-state index in [0.717, 1.165) is 4.47 Å². The largest absolute Gasteiger partial charge is 0.261 e. The summed E-state index contributed by atoms with van der Waals surface area (Å²) in [6, 6.07) is 1.71. The van der Waals surface area contributed by atoms with Crippen LogP contribution in [-0.4, -0.2) is 24.6 Å². The van der Waals surface area contributed by atoms with Crippen molar-refractivity contribution in [2.75, 3.05) is 0 Å². The van der Waals surface area contributed by atoms with E-state index in [-0.39, 0.29) is 0 Å². The number of hydrogen-bond donors (Lipinski definition) is 0. The zero-order valence-electron chi connectivity index (χ0n) is 8.38. The second kappa shape index (κ2) is 4.05. The second-order valence-electron chi connectivity index (χ2n) is 3.28. The van der Waals surface area contributed by atoms with Gasteiger partial charge in [-0.25, -0.2) is 9.50 Å². The van der Waals surface area contributed by atoms with Gasteiger partial charge < -0.3 is 0 Å². The van der Waals surface area contributed by atoms with Crippen molar-refractivity contribution in [2.45, 2.75) is 0 Å². The lowest BCUT2D eigenvalue weighted by Gasteiger charge is -2.02. The Hall–Kier alpha value is -1.53. The molecule has 0 unspecified atom stereocenters. The van der Waals surface area contributed by atoms with Crippen LogP contribution < -0.4 is 0 Å². The van der Waals surface area contributed by atoms with Gasteiger partial charge in [0.25, 0.3) is 0 Å². The highest BCUT2D eigenvalue weighted by Crippen LogP contribution is 2.23. The maximum Gasteiger partial charge on any atom is 0.171 e. The Morgan fingerprint density at radius 3 is 2.82 bits per heavy atom. The van der Waals surface area contributed by atoms with E-state index < -0.39 is 0 Å². The van der Waals surface area contributed by atoms with Crippen LogP contribution in [0.1, 0.15) is 0 Å². The number of rotatable bonds is 1. The monoisotopic (exact) mass is 309 g/mol. The maximum absolute atomic E-state index is 6.12. The third-order valence-corrected chi connectivity index (χ3v) is 3.04. The summed E-state index contributed by atoms with van der Waals surface area (Å²) >= 11 is 9.48. The van der Waals surface area contributed by atoms with Gasteiger partial charge in [0.15, 0.2) is 5.65 Å². The summed E-state index contributed by atoms with van der Waals surface area (Å²) in [5.74, 6) is 0. The molecule has 0 saturated heterocycles. The van der Waals surface area contributed by atoms with Gasteiger partial charge >= 0.3 is 0 Å². The van der Waals surface area contributed by atoms with E-state index in [4.69, 9.17) is 11.6 Å². The van der Waals surface area contributed by atoms with Crippen molar-refractivity contribution in [3.05, 3.63) is 40.5 Å². The van der Waals surface area contributed by atoms with Crippen LogP contribution in [0, 0.1) is 0 Å². The molecular weight excluding hydrogens is 306 g/mol. The van der Waals surface area contributed by atoms with Gasteiger partial charge in [-0.2, -0.15) is 5.10 Å². The van der Waals surface area contributed by atoms with Crippen LogP contribution >= 0.6 is 27.5 Å². The molecule has 0 spiro atoms. The smallest absolute Gasteiger partial charge is 0.171 e. The number of halogens is 2. The molecule has 0 bridgehead atoms. The quantitative estimate of drug-likeness (QED) is 0.648. The van der Waals surface area contributed by atoms with Crippen molar-refractivity contribution in [3.8, 4) is 11.4 Å². The molecule has 0 aromatic carbocycles. The number of fused-ring (bicyclic) bond motifs is 1. The Morgan fingerprint density at radius 1 is 1.18 bits per heavy atom. The fourth-order valence-corrected chi connectivity index (χ4v) is 2.04. The topological polar surface area (TPSA) is 56.0 Å². The highest BCUT2D eigenvalue weighted by atomic mass is 79.9. The summed E-state index contributed by atoms with van der Waals surface area (Å²) in [5.41, 5.74) is 1.99. The Labute approximate surface area is 110 Å². The Morgan fingerprint density at radius 2 is 2.06 bits per heavy atom. The molecule has 0 atom stereocenters. The van der Waals surface area contributed by atoms with Gasteiger partial charge in [0.2, 0.25) is 0 Å². The minimum absolute atomic E-state index is 0.473. The van der Waals surface area contributed by atoms with Gasteiger partial charge in [-0.3, -0.25) is 9.97 Å². The van der Waals surface area contributed by atoms with E-state index >= 15 is 0 Å². The summed E-state index contributed by atoms with van der Waals surface area (Å²) in [6.45, 7) is 0. The van der Waals surface area contributed by atoms with E-state index in [1.54, 1.807) is 35.4 Å². The normalized spacial score (nSPS) is 10.9. The molecule has 3 aromatic rings. The van der Waals surface area contributed by atoms with Crippen LogP contribution in [0.2, 0.25) is 5.15 Å². The molecule has 0 aliphatic carbocycles. The first-order valence-corrected chi connectivity index (χ1v) is 5.89. The summed E-state index contributed by atoms with van der Waals surface area (Å²) in [6.07, 6.45) is 6.51. The zero-order chi connectivity index (χ0) is 11.8. The van der Waals surface area contributed by atoms with Gasteiger partial charge in [0.05, 0.1) is 22.6 Å². The average molecular weight is 311 g/mol. The summed E-state index contributed by atoms with van der Waals surface area (Å²) in [7, 11) is 0. The van der Waals surface area contributed by atoms with E-state index in [9.17, 15) is 0 Å². The Balaban J connectivity index is 2.28. The third-order valence-electron chi connectivity index (χ3n) is 2.21. The fourth-order valence-electron chi connectivity index (χ4n) is 1.46. The predicted octanol–water partition coefficient (Wildman–Crippen LogP) is 2.60. The number of aromatic nitrogens is 5. The van der Waals surface area contributed by atoms with E-state index in [2.05, 4.69) is 36.0 Å². The van der Waals surface area contributed by atoms with Gasteiger partial charge in [-0.15, -0.1) is 0 Å². The molecule has 0 N–H and O–H groups in total. The van der Waals surface area contributed by atoms with Gasteiger partial charge in [-0.1, -0.05) is 11.6 Å². The lowest BCUT2D eigenvalue weighted by atomic mass is 10.3. The lowest BCUT2D eigenvalue weighted by molar-refractivity contribution is 0.940. The summed E-state index contributed by atoms with van der Waals surface area (Å²) in [5, 5.41) is 4.57. The van der Waals surface area contributed by atoms with Gasteiger partial charge in [0.1, 0.15) is 10.8 Å². The van der Waals surface area contributed by atoms with Crippen LogP contribution in [-0.2, 0) is 0 Å². The molecule has 0 aliphatic heterocycles. The SMILES string of the molecule is Clc1cc(-c2cnccn2)nc2c(Br)cnn12. The summed E-state index contributed by atoms with van der Waals surface area (Å²) in [4.78, 5) is 12.6. The van der Waals surface area contributed by atoms with Crippen LogP contribution in [0.5, 0.6) is 0 Å². The third kappa shape index (κ3) is 1.79. The van der Waals surface area contributed by atoms with Crippen molar-refractivity contribution in [2.24, 2.45) is 0 Å². The molecule has 7 heteroatoms. The Bertz CT molecular complexity index is 682. The highest BCUT2D eigenvalue weighted by Gasteiger charge is 2.10. The first-order valence-electron chi connectivity index (χ1n) is 4.72. The van der Waals surface area contributed by atoms with Crippen molar-refractivity contribution in [3.63, 3.8) is 0 Å². The fraction of sp³-hybridized carbons (Fsp3) is 0. The molecule has 0 amide bonds. The van der Waals surface area contributed by atoms with Crippen LogP contribution in [0.4, 0.5) is 0 Å². The van der Waals surface area contributed by atoms with E-state index in [0.29, 0.717) is 22.2 Å². The molecule has 0 radical (unpaired) electrons. The lowest BCUT2D eigenvalue weighted by Crippen LogP contribution is -1.96. The van der Waals surface area contributed by atoms with Gasteiger partial charge in [-0.05, 0) is 15.9 Å². The van der Waals surface area contributed by atoms with Crippen molar-refractivity contribution in [1.29, 1.82) is 0 Å². The summed E-state index contributed by atoms with van der Waals surface area (Å²) < 4.78 is 2.33. The standard InChI is InChI=1S/C10H5BrClN5/c11-6-4-15-17-9(12)3-7(16-10(6)17)8-5-13-1-2-14-8/h1-5H. The number of hydrogen-bond acceptors (Lipinski definition) is 4. The average Bonchev–Trinajstić information content (AvgIpc) is 2.73. The zero-order valence-corrected chi connectivity index (χ0v) is 10.7. The minimum atomic E-state index is 0.473. The predicted molar refractivity (Wildman–Crippen MR) is 66.7 cm³/mol. The van der Waals surface area contributed by atoms with Crippen molar-refractivity contribution >= 4 is 33.2 Å². The van der Waals surface area contributed by atoms with Crippen LogP contribution in [0.25, 0.3) is 17.0 Å². The second-order valence-corrected chi connectivity index (χ2v) is 4.52. The Kier molecular flexibility index (Phi) is 2.53. The molecule has 84 valence electrons. The highest BCUT2D eigenvalue weighted by molar-refractivity contribution is 9.10. The van der Waals surface area contributed by atoms with Crippen LogP contribution in [0.3, 0.4) is 0 Å². The molecule has 3 heterocycles. The maximum atomic E-state index is 6.12.